The molecule has 0 saturated heterocycles. The van der Waals surface area contributed by atoms with Crippen molar-refractivity contribution in [2.45, 2.75) is 0 Å². The molecule has 0 bridgehead atoms. The van der Waals surface area contributed by atoms with E-state index in [1.807, 2.05) is 0 Å². The van der Waals surface area contributed by atoms with Crippen LogP contribution in [-0.2, 0) is 4.57 Å². The van der Waals surface area contributed by atoms with Gasteiger partial charge in [-0.25, -0.2) is 0 Å². The summed E-state index contributed by atoms with van der Waals surface area (Å²) < 4.78 is 8.55. The number of hydrogen-bond acceptors (Lipinski definition) is 4. The van der Waals surface area contributed by atoms with Crippen molar-refractivity contribution in [1.82, 2.24) is 0 Å². The van der Waals surface area contributed by atoms with E-state index in [-0.39, 0.29) is 17.0 Å². The van der Waals surface area contributed by atoms with Crippen molar-refractivity contribution in [3.05, 3.63) is 0 Å². The lowest BCUT2D eigenvalue weighted by atomic mass is 15.8. The van der Waals surface area contributed by atoms with Crippen LogP contribution in [0.2, 0.25) is 0 Å². The summed E-state index contributed by atoms with van der Waals surface area (Å²) in [5, 5.41) is 0. The number of rotatable bonds is 0. The Morgan fingerprint density at radius 3 is 1.17 bits per heavy atom. The molecule has 0 atom stereocenters. The lowest BCUT2D eigenvalue weighted by molar-refractivity contribution is -0.432. The van der Waals surface area contributed by atoms with Crippen molar-refractivity contribution in [3.63, 3.8) is 0 Å². The van der Waals surface area contributed by atoms with E-state index in [0.717, 1.165) is 0 Å². The molecule has 6 heteroatoms. The molecule has 0 heterocycles. The molecule has 0 aromatic rings. The van der Waals surface area contributed by atoms with Crippen molar-refractivity contribution in [3.8, 4) is 0 Å². The van der Waals surface area contributed by atoms with E-state index in [1.165, 1.54) is 0 Å². The molecule has 0 amide bonds. The van der Waals surface area contributed by atoms with E-state index < -0.39 is 7.82 Å². The SMILES string of the molecule is O=P([O-])([O-])[O-].[Br+3]. The fraction of sp³-hybridized carbons (Fsp3) is 0. The highest BCUT2D eigenvalue weighted by Crippen LogP contribution is 2.03. The minimum Gasteiger partial charge on any atom is -0.822 e. The first-order chi connectivity index (χ1) is 2.00. The fourth-order valence-corrected chi connectivity index (χ4v) is 0. The Kier molecular flexibility index (Phi) is 4.42. The maximum absolute atomic E-state index is 8.55. The topological polar surface area (TPSA) is 86.2 Å². The van der Waals surface area contributed by atoms with Gasteiger partial charge in [0.1, 0.15) is 0 Å². The second-order valence-electron chi connectivity index (χ2n) is 0.447. The van der Waals surface area contributed by atoms with Crippen LogP contribution >= 0.6 is 7.82 Å². The number of hydrogen-bond donors (Lipinski definition) is 0. The lowest BCUT2D eigenvalue weighted by Crippen LogP contribution is -2.24. The van der Waals surface area contributed by atoms with Crippen LogP contribution in [0.1, 0.15) is 0 Å². The Balaban J connectivity index is 0. The normalized spacial score (nSPS) is 9.83. The summed E-state index contributed by atoms with van der Waals surface area (Å²) in [6.07, 6.45) is 0. The molecule has 0 aliphatic carbocycles. The quantitative estimate of drug-likeness (QED) is 0.371. The molecule has 0 aromatic carbocycles. The van der Waals surface area contributed by atoms with Crippen LogP contribution < -0.4 is 14.7 Å². The van der Waals surface area contributed by atoms with Crippen LogP contribution in [-0.4, -0.2) is 0 Å². The highest BCUT2D eigenvalue weighted by atomic mass is 79.9. The molecule has 0 rings (SSSR count). The van der Waals surface area contributed by atoms with Gasteiger partial charge < -0.3 is 19.2 Å². The second-order valence-corrected chi connectivity index (χ2v) is 1.34. The van der Waals surface area contributed by atoms with Gasteiger partial charge in [-0.05, 0) is 0 Å². The van der Waals surface area contributed by atoms with Crippen molar-refractivity contribution in [1.29, 1.82) is 0 Å². The van der Waals surface area contributed by atoms with E-state index in [4.69, 9.17) is 19.2 Å². The van der Waals surface area contributed by atoms with E-state index in [2.05, 4.69) is 0 Å². The van der Waals surface area contributed by atoms with E-state index >= 15 is 0 Å². The summed E-state index contributed by atoms with van der Waals surface area (Å²) in [5.74, 6) is 0. The van der Waals surface area contributed by atoms with Gasteiger partial charge in [-0.15, -0.1) is 0 Å². The van der Waals surface area contributed by atoms with Crippen LogP contribution in [0, 0.1) is 17.0 Å². The first kappa shape index (κ1) is 9.77. The van der Waals surface area contributed by atoms with Gasteiger partial charge in [0.25, 0.3) is 0 Å². The van der Waals surface area contributed by atoms with Gasteiger partial charge in [0.2, 0.25) is 0 Å². The standard InChI is InChI=1S/Br.H3O4P/c;1-5(2,3)4/h;(H3,1,2,3,4)/q+3;/p-3. The zero-order valence-corrected chi connectivity index (χ0v) is 4.94. The maximum Gasteiger partial charge on any atom is 3.00 e. The van der Waals surface area contributed by atoms with Crippen molar-refractivity contribution in [2.75, 3.05) is 0 Å². The summed E-state index contributed by atoms with van der Waals surface area (Å²) in [5.41, 5.74) is 0. The van der Waals surface area contributed by atoms with Gasteiger partial charge in [-0.2, -0.15) is 7.82 Å². The van der Waals surface area contributed by atoms with Crippen LogP contribution in [0.3, 0.4) is 0 Å². The van der Waals surface area contributed by atoms with Crippen molar-refractivity contribution >= 4 is 7.82 Å². The molecule has 0 saturated carbocycles. The van der Waals surface area contributed by atoms with Gasteiger partial charge in [0, 0.05) is 0 Å². The molecule has 0 N–H and O–H groups in total. The molecular weight excluding hydrogens is 175 g/mol. The van der Waals surface area contributed by atoms with Crippen LogP contribution in [0.4, 0.5) is 0 Å². The average Bonchev–Trinajstić information content (AvgIpc) is 0.722. The molecule has 0 aliphatic rings. The van der Waals surface area contributed by atoms with E-state index in [1.54, 1.807) is 0 Å². The molecule has 6 heavy (non-hydrogen) atoms. The third kappa shape index (κ3) is 170. The summed E-state index contributed by atoms with van der Waals surface area (Å²) in [7, 11) is -5.39. The predicted molar refractivity (Wildman–Crippen MR) is 7.61 cm³/mol. The van der Waals surface area contributed by atoms with Crippen molar-refractivity contribution < 1.29 is 36.2 Å². The summed E-state index contributed by atoms with van der Waals surface area (Å²) >= 11 is 0. The predicted octanol–water partition coefficient (Wildman–Crippen LogP) is -2.82. The molecule has 36 valence electrons. The molecule has 0 fully saturated rings. The van der Waals surface area contributed by atoms with E-state index in [9.17, 15) is 0 Å². The van der Waals surface area contributed by atoms with Crippen molar-refractivity contribution in [2.24, 2.45) is 0 Å². The Hall–Kier alpha value is 0.590. The lowest BCUT2D eigenvalue weighted by Gasteiger charge is -2.36. The molecule has 4 radical (unpaired) electrons. The van der Waals surface area contributed by atoms with Gasteiger partial charge in [0.05, 0.1) is 0 Å². The fourth-order valence-electron chi connectivity index (χ4n) is 0. The van der Waals surface area contributed by atoms with Gasteiger partial charge >= 0.3 is 17.0 Å². The minimum absolute atomic E-state index is 0. The van der Waals surface area contributed by atoms with E-state index in [0.29, 0.717) is 0 Å². The zero-order valence-electron chi connectivity index (χ0n) is 2.46. The molecule has 0 aliphatic heterocycles. The van der Waals surface area contributed by atoms with Crippen LogP contribution in [0.5, 0.6) is 0 Å². The number of halogens is 1. The zero-order chi connectivity index (χ0) is 4.50. The third-order valence-corrected chi connectivity index (χ3v) is 0. The highest BCUT2D eigenvalue weighted by Gasteiger charge is 3.00. The Labute approximate surface area is 44.8 Å². The summed E-state index contributed by atoms with van der Waals surface area (Å²) in [6, 6.07) is 0. The van der Waals surface area contributed by atoms with Gasteiger partial charge in [-0.3, -0.25) is 0 Å². The Morgan fingerprint density at radius 2 is 1.17 bits per heavy atom. The monoisotopic (exact) mass is 174 g/mol. The first-order valence-electron chi connectivity index (χ1n) is 0.730. The second kappa shape index (κ2) is 2.71. The summed E-state index contributed by atoms with van der Waals surface area (Å²) in [6.45, 7) is 0. The van der Waals surface area contributed by atoms with Gasteiger partial charge in [0.15, 0.2) is 0 Å². The molecule has 0 unspecified atom stereocenters. The molecular formula is BrO4P. The third-order valence-electron chi connectivity index (χ3n) is 0. The summed E-state index contributed by atoms with van der Waals surface area (Å²) in [4.78, 5) is 25.6. The first-order valence-corrected chi connectivity index (χ1v) is 2.19. The minimum atomic E-state index is -5.39. The number of phosphoric acid groups is 1. The van der Waals surface area contributed by atoms with Gasteiger partial charge in [-0.1, -0.05) is 0 Å². The highest BCUT2D eigenvalue weighted by molar-refractivity contribution is 7.40. The van der Waals surface area contributed by atoms with Crippen LogP contribution in [0.25, 0.3) is 0 Å². The average molecular weight is 175 g/mol. The smallest absolute Gasteiger partial charge is 0.822 e. The molecule has 4 nitrogen and oxygen atoms in total. The van der Waals surface area contributed by atoms with Crippen LogP contribution in [0.15, 0.2) is 0 Å². The molecule has 0 spiro atoms. The molecule has 0 aromatic heterocycles. The Morgan fingerprint density at radius 1 is 1.17 bits per heavy atom. The Bertz CT molecular complexity index is 53.7. The largest absolute Gasteiger partial charge is 3.00 e. The maximum atomic E-state index is 8.55.